The number of halogens is 1. The van der Waals surface area contributed by atoms with Crippen LogP contribution in [0.1, 0.15) is 36.5 Å². The van der Waals surface area contributed by atoms with Gasteiger partial charge in [-0.1, -0.05) is 54.6 Å². The molecule has 0 aromatic heterocycles. The molecule has 2 aromatic carbocycles. The van der Waals surface area contributed by atoms with Crippen molar-refractivity contribution in [3.63, 3.8) is 0 Å². The number of guanidine groups is 1. The summed E-state index contributed by atoms with van der Waals surface area (Å²) in [5, 5.41) is 3.45. The number of rotatable bonds is 8. The lowest BCUT2D eigenvalue weighted by molar-refractivity contribution is -0.149. The molecule has 0 aliphatic carbocycles. The van der Waals surface area contributed by atoms with Gasteiger partial charge in [-0.3, -0.25) is 9.79 Å². The predicted octanol–water partition coefficient (Wildman–Crippen LogP) is 4.37. The molecule has 0 radical (unpaired) electrons. The molecule has 0 bridgehead atoms. The zero-order valence-electron chi connectivity index (χ0n) is 19.0. The fourth-order valence-corrected chi connectivity index (χ4v) is 3.79. The first-order chi connectivity index (χ1) is 15.2. The molecule has 0 atom stereocenters. The minimum Gasteiger partial charge on any atom is -0.466 e. The zero-order valence-corrected chi connectivity index (χ0v) is 21.3. The Kier molecular flexibility index (Phi) is 11.5. The highest BCUT2D eigenvalue weighted by molar-refractivity contribution is 14.0. The van der Waals surface area contributed by atoms with Crippen LogP contribution in [0.3, 0.4) is 0 Å². The van der Waals surface area contributed by atoms with E-state index in [0.29, 0.717) is 26.4 Å². The number of hydrogen-bond acceptors (Lipinski definition) is 4. The van der Waals surface area contributed by atoms with E-state index in [-0.39, 0.29) is 35.9 Å². The molecule has 1 heterocycles. The first kappa shape index (κ1) is 26.1. The summed E-state index contributed by atoms with van der Waals surface area (Å²) in [5.41, 5.74) is 3.51. The highest BCUT2D eigenvalue weighted by Gasteiger charge is 2.27. The van der Waals surface area contributed by atoms with Gasteiger partial charge in [-0.05, 0) is 36.5 Å². The van der Waals surface area contributed by atoms with Crippen molar-refractivity contribution in [1.29, 1.82) is 0 Å². The van der Waals surface area contributed by atoms with E-state index in [2.05, 4.69) is 51.6 Å². The summed E-state index contributed by atoms with van der Waals surface area (Å²) < 4.78 is 11.0. The maximum Gasteiger partial charge on any atom is 0.309 e. The minimum atomic E-state index is -0.0728. The number of nitrogens with zero attached hydrogens (tertiary/aromatic N) is 2. The predicted molar refractivity (Wildman–Crippen MR) is 138 cm³/mol. The molecule has 0 unspecified atom stereocenters. The van der Waals surface area contributed by atoms with Crippen LogP contribution in [0.2, 0.25) is 0 Å². The largest absolute Gasteiger partial charge is 0.466 e. The monoisotopic (exact) mass is 551 g/mol. The van der Waals surface area contributed by atoms with E-state index in [1.165, 1.54) is 11.1 Å². The summed E-state index contributed by atoms with van der Waals surface area (Å²) in [5.74, 6) is 0.798. The van der Waals surface area contributed by atoms with Crippen molar-refractivity contribution in [3.8, 4) is 0 Å². The zero-order chi connectivity index (χ0) is 21.9. The maximum atomic E-state index is 11.9. The van der Waals surface area contributed by atoms with Crippen molar-refractivity contribution in [2.45, 2.75) is 39.5 Å². The van der Waals surface area contributed by atoms with Crippen LogP contribution in [0, 0.1) is 5.92 Å². The Bertz CT molecular complexity index is 853. The van der Waals surface area contributed by atoms with Crippen LogP contribution in [0.25, 0.3) is 0 Å². The summed E-state index contributed by atoms with van der Waals surface area (Å²) in [4.78, 5) is 18.6. The highest BCUT2D eigenvalue weighted by atomic mass is 127. The number of esters is 1. The molecule has 1 fully saturated rings. The van der Waals surface area contributed by atoms with E-state index in [1.807, 2.05) is 25.1 Å². The number of piperidine rings is 1. The van der Waals surface area contributed by atoms with Gasteiger partial charge in [-0.15, -0.1) is 24.0 Å². The van der Waals surface area contributed by atoms with Crippen molar-refractivity contribution in [3.05, 3.63) is 71.3 Å². The molecule has 0 amide bonds. The molecule has 1 aliphatic heterocycles. The Morgan fingerprint density at radius 1 is 1.03 bits per heavy atom. The van der Waals surface area contributed by atoms with Gasteiger partial charge in [0.05, 0.1) is 25.7 Å². The fourth-order valence-electron chi connectivity index (χ4n) is 3.79. The fraction of sp³-hybridized carbons (Fsp3) is 0.440. The molecule has 1 aliphatic rings. The van der Waals surface area contributed by atoms with Crippen molar-refractivity contribution in [2.75, 3.05) is 26.7 Å². The minimum absolute atomic E-state index is 0. The van der Waals surface area contributed by atoms with Gasteiger partial charge in [0.15, 0.2) is 5.96 Å². The van der Waals surface area contributed by atoms with Crippen molar-refractivity contribution in [1.82, 2.24) is 10.2 Å². The maximum absolute atomic E-state index is 11.9. The summed E-state index contributed by atoms with van der Waals surface area (Å²) in [6, 6.07) is 18.6. The molecule has 1 N–H and O–H groups in total. The van der Waals surface area contributed by atoms with Crippen molar-refractivity contribution in [2.24, 2.45) is 10.9 Å². The summed E-state index contributed by atoms with van der Waals surface area (Å²) >= 11 is 0. The van der Waals surface area contributed by atoms with Gasteiger partial charge in [-0.2, -0.15) is 0 Å². The van der Waals surface area contributed by atoms with E-state index in [9.17, 15) is 4.79 Å². The number of carbonyl (C=O) groups excluding carboxylic acids is 1. The van der Waals surface area contributed by atoms with E-state index in [1.54, 1.807) is 7.05 Å². The van der Waals surface area contributed by atoms with Gasteiger partial charge in [0.1, 0.15) is 0 Å². The smallest absolute Gasteiger partial charge is 0.309 e. The van der Waals surface area contributed by atoms with E-state index >= 15 is 0 Å². The van der Waals surface area contributed by atoms with Crippen LogP contribution >= 0.6 is 24.0 Å². The lowest BCUT2D eigenvalue weighted by Gasteiger charge is -2.33. The second-order valence-electron chi connectivity index (χ2n) is 7.71. The van der Waals surface area contributed by atoms with E-state index in [0.717, 1.165) is 37.5 Å². The molecule has 1 saturated heterocycles. The molecule has 0 saturated carbocycles. The Hall–Kier alpha value is -2.13. The van der Waals surface area contributed by atoms with Crippen LogP contribution in [0.15, 0.2) is 59.6 Å². The van der Waals surface area contributed by atoms with Crippen LogP contribution in [-0.4, -0.2) is 43.6 Å². The summed E-state index contributed by atoms with van der Waals surface area (Å²) in [6.45, 7) is 5.78. The molecule has 7 heteroatoms. The second kappa shape index (κ2) is 14.1. The lowest BCUT2D eigenvalue weighted by atomic mass is 9.97. The van der Waals surface area contributed by atoms with Crippen LogP contribution in [0.5, 0.6) is 0 Å². The normalized spacial score (nSPS) is 14.6. The third-order valence-corrected chi connectivity index (χ3v) is 5.45. The molecular formula is C25H34IN3O3. The van der Waals surface area contributed by atoms with Crippen molar-refractivity contribution >= 4 is 35.9 Å². The van der Waals surface area contributed by atoms with Gasteiger partial charge in [0.2, 0.25) is 0 Å². The van der Waals surface area contributed by atoms with Gasteiger partial charge < -0.3 is 19.7 Å². The SMILES string of the molecule is CCOC(=O)C1CCN(C(=NC)NCc2cccc(COCc3ccccc3)c2)CC1.I. The first-order valence-corrected chi connectivity index (χ1v) is 11.0. The number of likely N-dealkylation sites (tertiary alicyclic amines) is 1. The molecule has 32 heavy (non-hydrogen) atoms. The van der Waals surface area contributed by atoms with Crippen LogP contribution in [0.4, 0.5) is 0 Å². The van der Waals surface area contributed by atoms with Gasteiger partial charge >= 0.3 is 5.97 Å². The number of nitrogens with one attached hydrogen (secondary N) is 1. The number of aliphatic imine (C=N–C) groups is 1. The van der Waals surface area contributed by atoms with E-state index < -0.39 is 0 Å². The summed E-state index contributed by atoms with van der Waals surface area (Å²) in [6.07, 6.45) is 1.60. The topological polar surface area (TPSA) is 63.2 Å². The Labute approximate surface area is 208 Å². The molecule has 0 spiro atoms. The van der Waals surface area contributed by atoms with Crippen LogP contribution < -0.4 is 5.32 Å². The Morgan fingerprint density at radius 2 is 1.69 bits per heavy atom. The molecule has 174 valence electrons. The third kappa shape index (κ3) is 8.09. The molecular weight excluding hydrogens is 517 g/mol. The third-order valence-electron chi connectivity index (χ3n) is 5.45. The van der Waals surface area contributed by atoms with Crippen LogP contribution in [-0.2, 0) is 34.0 Å². The molecule has 2 aromatic rings. The molecule has 6 nitrogen and oxygen atoms in total. The molecule has 3 rings (SSSR count). The average molecular weight is 551 g/mol. The first-order valence-electron chi connectivity index (χ1n) is 11.0. The number of benzene rings is 2. The number of ether oxygens (including phenoxy) is 2. The van der Waals surface area contributed by atoms with E-state index in [4.69, 9.17) is 9.47 Å². The standard InChI is InChI=1S/C25H33N3O3.HI/c1-3-31-24(29)23-12-14-28(15-13-23)25(26-2)27-17-21-10-7-11-22(16-21)19-30-18-20-8-5-4-6-9-20;/h4-11,16,23H,3,12-15,17-19H2,1-2H3,(H,26,27);1H. The Morgan fingerprint density at radius 3 is 2.38 bits per heavy atom. The average Bonchev–Trinajstić information content (AvgIpc) is 2.81. The van der Waals surface area contributed by atoms with Gasteiger partial charge in [0, 0.05) is 26.7 Å². The van der Waals surface area contributed by atoms with Gasteiger partial charge in [0.25, 0.3) is 0 Å². The quantitative estimate of drug-likeness (QED) is 0.229. The lowest BCUT2D eigenvalue weighted by Crippen LogP contribution is -2.46. The number of carbonyl (C=O) groups is 1. The number of hydrogen-bond donors (Lipinski definition) is 1. The Balaban J connectivity index is 0.00000363. The highest BCUT2D eigenvalue weighted by Crippen LogP contribution is 2.19. The van der Waals surface area contributed by atoms with Crippen molar-refractivity contribution < 1.29 is 14.3 Å². The van der Waals surface area contributed by atoms with Gasteiger partial charge in [-0.25, -0.2) is 0 Å². The summed E-state index contributed by atoms with van der Waals surface area (Å²) in [7, 11) is 1.80. The second-order valence-corrected chi connectivity index (χ2v) is 7.71.